The molecule has 1 rings (SSSR count). The first-order chi connectivity index (χ1) is 9.68. The molecule has 7 nitrogen and oxygen atoms in total. The van der Waals surface area contributed by atoms with Crippen LogP contribution in [0.5, 0.6) is 11.5 Å². The van der Waals surface area contributed by atoms with Crippen LogP contribution >= 0.6 is 0 Å². The van der Waals surface area contributed by atoms with Gasteiger partial charge in [0.1, 0.15) is 6.04 Å². The average molecular weight is 296 g/mol. The van der Waals surface area contributed by atoms with Crippen LogP contribution in [0.25, 0.3) is 0 Å². The van der Waals surface area contributed by atoms with Gasteiger partial charge in [-0.05, 0) is 31.0 Å². The Bertz CT molecular complexity index is 516. The molecule has 0 aliphatic carbocycles. The molecule has 0 aromatic heterocycles. The Kier molecular flexibility index (Phi) is 7.56. The lowest BCUT2D eigenvalue weighted by Gasteiger charge is -2.08. The van der Waals surface area contributed by atoms with Gasteiger partial charge in [0.2, 0.25) is 5.91 Å². The second-order valence-electron chi connectivity index (χ2n) is 4.30. The number of hydrogen-bond acceptors (Lipinski definition) is 5. The number of carbonyl (C=O) groups excluding carboxylic acids is 1. The minimum atomic E-state index is -1.05. The molecule has 0 aliphatic heterocycles. The lowest BCUT2D eigenvalue weighted by Crippen LogP contribution is -2.32. The van der Waals surface area contributed by atoms with E-state index >= 15 is 0 Å². The van der Waals surface area contributed by atoms with Crippen molar-refractivity contribution in [2.45, 2.75) is 19.4 Å². The van der Waals surface area contributed by atoms with Gasteiger partial charge in [-0.25, -0.2) is 0 Å². The molecule has 0 unspecified atom stereocenters. The summed E-state index contributed by atoms with van der Waals surface area (Å²) in [4.78, 5) is 20.3. The number of rotatable bonds is 5. The monoisotopic (exact) mass is 296 g/mol. The second kappa shape index (κ2) is 8.60. The van der Waals surface area contributed by atoms with Gasteiger partial charge < -0.3 is 26.4 Å². The Labute approximate surface area is 122 Å². The number of methoxy groups -OCH3 is 1. The van der Waals surface area contributed by atoms with Crippen LogP contribution in [0.2, 0.25) is 0 Å². The SMILES string of the molecule is C=C(C)C(N)=O.COc1cc(C[C@H](N)C(=O)O)ccc1O. The standard InChI is InChI=1S/C10H13NO4.C4H7NO/c1-15-9-5-6(2-3-8(9)12)4-7(11)10(13)14;1-3(2)4(5)6/h2-3,5,7,12H,4,11H2,1H3,(H,13,14);1H2,2H3,(H2,5,6)/t7-;/m0./s1. The van der Waals surface area contributed by atoms with Crippen molar-refractivity contribution < 1.29 is 24.5 Å². The van der Waals surface area contributed by atoms with Gasteiger partial charge in [-0.15, -0.1) is 0 Å². The summed E-state index contributed by atoms with van der Waals surface area (Å²) in [5.41, 5.74) is 11.2. The Morgan fingerprint density at radius 1 is 1.43 bits per heavy atom. The molecule has 1 atom stereocenters. The Balaban J connectivity index is 0.000000567. The van der Waals surface area contributed by atoms with Gasteiger partial charge in [-0.1, -0.05) is 12.6 Å². The Morgan fingerprint density at radius 3 is 2.33 bits per heavy atom. The van der Waals surface area contributed by atoms with Crippen molar-refractivity contribution in [3.63, 3.8) is 0 Å². The molecule has 0 bridgehead atoms. The molecule has 6 N–H and O–H groups in total. The summed E-state index contributed by atoms with van der Waals surface area (Å²) >= 11 is 0. The lowest BCUT2D eigenvalue weighted by atomic mass is 10.1. The lowest BCUT2D eigenvalue weighted by molar-refractivity contribution is -0.138. The van der Waals surface area contributed by atoms with E-state index in [1.807, 2.05) is 0 Å². The van der Waals surface area contributed by atoms with Gasteiger partial charge in [0, 0.05) is 5.57 Å². The number of benzene rings is 1. The summed E-state index contributed by atoms with van der Waals surface area (Å²) in [6.07, 6.45) is 0.200. The number of aliphatic carboxylic acids is 1. The number of aromatic hydroxyl groups is 1. The minimum Gasteiger partial charge on any atom is -0.504 e. The molecule has 0 radical (unpaired) electrons. The maximum Gasteiger partial charge on any atom is 0.320 e. The van der Waals surface area contributed by atoms with Crippen LogP contribution in [-0.4, -0.2) is 35.2 Å². The van der Waals surface area contributed by atoms with Gasteiger partial charge in [0.25, 0.3) is 0 Å². The number of hydrogen-bond donors (Lipinski definition) is 4. The highest BCUT2D eigenvalue weighted by molar-refractivity contribution is 5.90. The number of carbonyl (C=O) groups is 2. The number of primary amides is 1. The first-order valence-electron chi connectivity index (χ1n) is 5.98. The average Bonchev–Trinajstić information content (AvgIpc) is 2.41. The molecule has 0 fully saturated rings. The molecule has 116 valence electrons. The first-order valence-corrected chi connectivity index (χ1v) is 5.98. The zero-order valence-corrected chi connectivity index (χ0v) is 12.0. The summed E-state index contributed by atoms with van der Waals surface area (Å²) in [5, 5.41) is 17.9. The van der Waals surface area contributed by atoms with Gasteiger partial charge in [-0.3, -0.25) is 9.59 Å². The van der Waals surface area contributed by atoms with Crippen molar-refractivity contribution >= 4 is 11.9 Å². The first kappa shape index (κ1) is 18.5. The summed E-state index contributed by atoms with van der Waals surface area (Å²) in [7, 11) is 1.43. The summed E-state index contributed by atoms with van der Waals surface area (Å²) in [6.45, 7) is 4.85. The highest BCUT2D eigenvalue weighted by Crippen LogP contribution is 2.26. The van der Waals surface area contributed by atoms with Gasteiger partial charge in [0.15, 0.2) is 11.5 Å². The van der Waals surface area contributed by atoms with E-state index in [1.165, 1.54) is 13.2 Å². The number of phenols is 1. The van der Waals surface area contributed by atoms with E-state index in [0.717, 1.165) is 0 Å². The van der Waals surface area contributed by atoms with Crippen molar-refractivity contribution in [3.05, 3.63) is 35.9 Å². The van der Waals surface area contributed by atoms with Crippen molar-refractivity contribution in [2.75, 3.05) is 7.11 Å². The normalized spacial score (nSPS) is 10.8. The number of nitrogens with two attached hydrogens (primary N) is 2. The zero-order chi connectivity index (χ0) is 16.6. The molecule has 1 aromatic carbocycles. The fourth-order valence-corrected chi connectivity index (χ4v) is 1.19. The summed E-state index contributed by atoms with van der Waals surface area (Å²) < 4.78 is 4.89. The van der Waals surface area contributed by atoms with Crippen molar-refractivity contribution in [2.24, 2.45) is 11.5 Å². The molecular weight excluding hydrogens is 276 g/mol. The van der Waals surface area contributed by atoms with Gasteiger partial charge >= 0.3 is 5.97 Å². The van der Waals surface area contributed by atoms with Crippen LogP contribution in [0.3, 0.4) is 0 Å². The summed E-state index contributed by atoms with van der Waals surface area (Å²) in [6, 6.07) is 3.68. The quantitative estimate of drug-likeness (QED) is 0.581. The number of ether oxygens (including phenoxy) is 1. The number of carboxylic acids is 1. The molecular formula is C14H20N2O5. The molecule has 0 saturated heterocycles. The molecule has 0 aliphatic rings. The van der Waals surface area contributed by atoms with E-state index in [0.29, 0.717) is 16.9 Å². The zero-order valence-electron chi connectivity index (χ0n) is 12.0. The molecule has 7 heteroatoms. The minimum absolute atomic E-state index is 0.0187. The largest absolute Gasteiger partial charge is 0.504 e. The van der Waals surface area contributed by atoms with E-state index in [4.69, 9.17) is 21.3 Å². The van der Waals surface area contributed by atoms with E-state index in [1.54, 1.807) is 19.1 Å². The van der Waals surface area contributed by atoms with E-state index in [2.05, 4.69) is 6.58 Å². The molecule has 0 heterocycles. The van der Waals surface area contributed by atoms with Crippen LogP contribution < -0.4 is 16.2 Å². The molecule has 0 saturated carbocycles. The topological polar surface area (TPSA) is 136 Å². The highest BCUT2D eigenvalue weighted by atomic mass is 16.5. The van der Waals surface area contributed by atoms with Crippen molar-refractivity contribution in [1.82, 2.24) is 0 Å². The summed E-state index contributed by atoms with van der Waals surface area (Å²) in [5.74, 6) is -1.16. The third-order valence-corrected chi connectivity index (χ3v) is 2.44. The number of phenolic OH excluding ortho intramolecular Hbond substituents is 1. The maximum atomic E-state index is 10.5. The van der Waals surface area contributed by atoms with Crippen LogP contribution in [0.1, 0.15) is 12.5 Å². The predicted octanol–water partition coefficient (Wildman–Crippen LogP) is 0.403. The molecule has 1 aromatic rings. The number of amides is 1. The van der Waals surface area contributed by atoms with Crippen molar-refractivity contribution in [1.29, 1.82) is 0 Å². The Hall–Kier alpha value is -2.54. The van der Waals surface area contributed by atoms with Crippen LogP contribution in [0.15, 0.2) is 30.4 Å². The Morgan fingerprint density at radius 2 is 1.95 bits per heavy atom. The third-order valence-electron chi connectivity index (χ3n) is 2.44. The smallest absolute Gasteiger partial charge is 0.320 e. The third kappa shape index (κ3) is 6.98. The second-order valence-corrected chi connectivity index (χ2v) is 4.30. The van der Waals surface area contributed by atoms with Crippen LogP contribution in [0.4, 0.5) is 0 Å². The maximum absolute atomic E-state index is 10.5. The highest BCUT2D eigenvalue weighted by Gasteiger charge is 2.13. The van der Waals surface area contributed by atoms with E-state index in [9.17, 15) is 14.7 Å². The van der Waals surface area contributed by atoms with Gasteiger partial charge in [0.05, 0.1) is 7.11 Å². The van der Waals surface area contributed by atoms with E-state index < -0.39 is 17.9 Å². The van der Waals surface area contributed by atoms with Crippen LogP contribution in [-0.2, 0) is 16.0 Å². The van der Waals surface area contributed by atoms with E-state index in [-0.39, 0.29) is 12.2 Å². The van der Waals surface area contributed by atoms with Crippen LogP contribution in [0, 0.1) is 0 Å². The van der Waals surface area contributed by atoms with Gasteiger partial charge in [-0.2, -0.15) is 0 Å². The fraction of sp³-hybridized carbons (Fsp3) is 0.286. The fourth-order valence-electron chi connectivity index (χ4n) is 1.19. The molecule has 21 heavy (non-hydrogen) atoms. The van der Waals surface area contributed by atoms with Crippen molar-refractivity contribution in [3.8, 4) is 11.5 Å². The predicted molar refractivity (Wildman–Crippen MR) is 78.0 cm³/mol. The molecule has 1 amide bonds. The molecule has 0 spiro atoms. The number of carboxylic acid groups (broad SMARTS) is 1.